The van der Waals surface area contributed by atoms with Gasteiger partial charge in [-0.1, -0.05) is 53.7 Å². The molecule has 5 unspecified atom stereocenters. The summed E-state index contributed by atoms with van der Waals surface area (Å²) in [5, 5.41) is 21.7. The molecule has 0 aromatic heterocycles. The van der Waals surface area contributed by atoms with Gasteiger partial charge in [0.15, 0.2) is 0 Å². The van der Waals surface area contributed by atoms with Gasteiger partial charge in [-0.15, -0.1) is 0 Å². The van der Waals surface area contributed by atoms with Gasteiger partial charge in [-0.05, 0) is 116 Å². The lowest BCUT2D eigenvalue weighted by Crippen LogP contribution is -2.58. The van der Waals surface area contributed by atoms with Crippen LogP contribution in [0, 0.1) is 58.2 Å². The van der Waals surface area contributed by atoms with E-state index in [-0.39, 0.29) is 12.2 Å². The molecule has 0 heterocycles. The van der Waals surface area contributed by atoms with Crippen LogP contribution in [-0.2, 0) is 0 Å². The second-order valence-corrected chi connectivity index (χ2v) is 13.0. The molecule has 31 heavy (non-hydrogen) atoms. The standard InChI is InChI=1S/C29H50O2/c1-7-20(18(2)3)9-8-19(4)23-10-11-24-27-25(13-15-29(23,24)6)28(5)14-12-22(30)16-21(28)17-26(27)31/h8-9,18-27,30-31H,7,10-17H2,1-6H3/b9-8+/t19?,20?,21-,22+,23-,24?,25?,26-,27?,28+,29-/m1/s1. The molecular weight excluding hydrogens is 380 g/mol. The highest BCUT2D eigenvalue weighted by atomic mass is 16.3. The highest BCUT2D eigenvalue weighted by Crippen LogP contribution is 2.68. The zero-order valence-corrected chi connectivity index (χ0v) is 21.2. The molecule has 11 atom stereocenters. The summed E-state index contributed by atoms with van der Waals surface area (Å²) in [5.41, 5.74) is 0.711. The molecule has 4 rings (SSSR count). The minimum atomic E-state index is -0.159. The van der Waals surface area contributed by atoms with Crippen molar-refractivity contribution in [2.24, 2.45) is 58.2 Å². The number of aliphatic hydroxyl groups excluding tert-OH is 2. The van der Waals surface area contributed by atoms with E-state index in [1.165, 1.54) is 32.1 Å². The molecular formula is C29H50O2. The summed E-state index contributed by atoms with van der Waals surface area (Å²) >= 11 is 0. The summed E-state index contributed by atoms with van der Waals surface area (Å²) < 4.78 is 0. The lowest BCUT2D eigenvalue weighted by molar-refractivity contribution is -0.173. The Morgan fingerprint density at radius 3 is 2.23 bits per heavy atom. The summed E-state index contributed by atoms with van der Waals surface area (Å²) in [6, 6.07) is 0. The average Bonchev–Trinajstić information content (AvgIpc) is 3.06. The van der Waals surface area contributed by atoms with Gasteiger partial charge in [0.1, 0.15) is 0 Å². The Morgan fingerprint density at radius 2 is 1.55 bits per heavy atom. The smallest absolute Gasteiger partial charge is 0.0577 e. The number of rotatable bonds is 5. The third-order valence-corrected chi connectivity index (χ3v) is 11.4. The van der Waals surface area contributed by atoms with Crippen molar-refractivity contribution in [2.45, 2.75) is 112 Å². The van der Waals surface area contributed by atoms with Crippen LogP contribution in [0.4, 0.5) is 0 Å². The van der Waals surface area contributed by atoms with Crippen LogP contribution in [0.5, 0.6) is 0 Å². The van der Waals surface area contributed by atoms with Crippen molar-refractivity contribution in [3.63, 3.8) is 0 Å². The minimum absolute atomic E-state index is 0.142. The Balaban J connectivity index is 1.53. The minimum Gasteiger partial charge on any atom is -0.393 e. The molecule has 2 heteroatoms. The highest BCUT2D eigenvalue weighted by molar-refractivity contribution is 5.13. The van der Waals surface area contributed by atoms with Gasteiger partial charge < -0.3 is 10.2 Å². The zero-order chi connectivity index (χ0) is 22.6. The van der Waals surface area contributed by atoms with Gasteiger partial charge in [0.25, 0.3) is 0 Å². The van der Waals surface area contributed by atoms with E-state index in [4.69, 9.17) is 0 Å². The SMILES string of the molecule is CCC(/C=C/C(C)[C@H]1CCC2C3C(CC[C@@]21C)[C@@]1(C)CC[C@H](O)C[C@@H]1C[C@H]3O)C(C)C. The topological polar surface area (TPSA) is 40.5 Å². The molecule has 0 bridgehead atoms. The molecule has 0 amide bonds. The van der Waals surface area contributed by atoms with E-state index in [9.17, 15) is 10.2 Å². The van der Waals surface area contributed by atoms with E-state index < -0.39 is 0 Å². The Kier molecular flexibility index (Phi) is 6.75. The molecule has 0 saturated heterocycles. The van der Waals surface area contributed by atoms with E-state index in [2.05, 4.69) is 53.7 Å². The van der Waals surface area contributed by atoms with E-state index >= 15 is 0 Å². The summed E-state index contributed by atoms with van der Waals surface area (Å²) in [6.07, 6.45) is 15.2. The number of allylic oxidation sites excluding steroid dienone is 2. The summed E-state index contributed by atoms with van der Waals surface area (Å²) in [6.45, 7) is 14.6. The maximum absolute atomic E-state index is 11.4. The van der Waals surface area contributed by atoms with Crippen molar-refractivity contribution in [2.75, 3.05) is 0 Å². The van der Waals surface area contributed by atoms with E-state index in [0.717, 1.165) is 37.5 Å². The third-order valence-electron chi connectivity index (χ3n) is 11.4. The van der Waals surface area contributed by atoms with Crippen LogP contribution in [0.25, 0.3) is 0 Å². The molecule has 2 nitrogen and oxygen atoms in total. The Labute approximate surface area is 192 Å². The highest BCUT2D eigenvalue weighted by Gasteiger charge is 2.62. The van der Waals surface area contributed by atoms with E-state index in [0.29, 0.717) is 46.3 Å². The predicted molar refractivity (Wildman–Crippen MR) is 130 cm³/mol. The molecule has 4 aliphatic rings. The fourth-order valence-electron chi connectivity index (χ4n) is 9.39. The van der Waals surface area contributed by atoms with Crippen molar-refractivity contribution in [1.82, 2.24) is 0 Å². The molecule has 4 fully saturated rings. The molecule has 178 valence electrons. The Morgan fingerprint density at radius 1 is 0.871 bits per heavy atom. The molecule has 0 aliphatic heterocycles. The quantitative estimate of drug-likeness (QED) is 0.468. The van der Waals surface area contributed by atoms with E-state index in [1.807, 2.05) is 0 Å². The molecule has 0 spiro atoms. The van der Waals surface area contributed by atoms with Crippen molar-refractivity contribution in [1.29, 1.82) is 0 Å². The number of fused-ring (bicyclic) bond motifs is 5. The summed E-state index contributed by atoms with van der Waals surface area (Å²) in [7, 11) is 0. The van der Waals surface area contributed by atoms with Gasteiger partial charge in [0, 0.05) is 0 Å². The van der Waals surface area contributed by atoms with Gasteiger partial charge in [-0.3, -0.25) is 0 Å². The van der Waals surface area contributed by atoms with Gasteiger partial charge in [0.2, 0.25) is 0 Å². The number of hydrogen-bond acceptors (Lipinski definition) is 2. The van der Waals surface area contributed by atoms with Crippen LogP contribution in [0.15, 0.2) is 12.2 Å². The monoisotopic (exact) mass is 430 g/mol. The van der Waals surface area contributed by atoms with Gasteiger partial charge in [0.05, 0.1) is 12.2 Å². The lowest BCUT2D eigenvalue weighted by Gasteiger charge is -2.62. The first-order chi connectivity index (χ1) is 14.6. The Hall–Kier alpha value is -0.340. The summed E-state index contributed by atoms with van der Waals surface area (Å²) in [5.74, 6) is 5.13. The van der Waals surface area contributed by atoms with E-state index in [1.54, 1.807) is 0 Å². The third kappa shape index (κ3) is 3.96. The van der Waals surface area contributed by atoms with Gasteiger partial charge in [-0.2, -0.15) is 0 Å². The number of aliphatic hydroxyl groups is 2. The lowest BCUT2D eigenvalue weighted by atomic mass is 9.43. The molecule has 2 N–H and O–H groups in total. The maximum Gasteiger partial charge on any atom is 0.0577 e. The predicted octanol–water partition coefficient (Wildman–Crippen LogP) is 6.85. The van der Waals surface area contributed by atoms with Crippen LogP contribution >= 0.6 is 0 Å². The first-order valence-corrected chi connectivity index (χ1v) is 13.7. The van der Waals surface area contributed by atoms with Crippen molar-refractivity contribution in [3.05, 3.63) is 12.2 Å². The van der Waals surface area contributed by atoms with Crippen LogP contribution < -0.4 is 0 Å². The maximum atomic E-state index is 11.4. The molecule has 4 aliphatic carbocycles. The first kappa shape index (κ1) is 23.8. The van der Waals surface area contributed by atoms with Crippen LogP contribution in [-0.4, -0.2) is 22.4 Å². The van der Waals surface area contributed by atoms with Crippen LogP contribution in [0.3, 0.4) is 0 Å². The summed E-state index contributed by atoms with van der Waals surface area (Å²) in [4.78, 5) is 0. The molecule has 0 aromatic carbocycles. The van der Waals surface area contributed by atoms with Crippen LogP contribution in [0.2, 0.25) is 0 Å². The van der Waals surface area contributed by atoms with Crippen molar-refractivity contribution < 1.29 is 10.2 Å². The van der Waals surface area contributed by atoms with Crippen molar-refractivity contribution >= 4 is 0 Å². The van der Waals surface area contributed by atoms with Gasteiger partial charge in [-0.25, -0.2) is 0 Å². The Bertz CT molecular complexity index is 655. The molecule has 0 radical (unpaired) electrons. The van der Waals surface area contributed by atoms with Gasteiger partial charge >= 0.3 is 0 Å². The zero-order valence-electron chi connectivity index (χ0n) is 21.2. The second-order valence-electron chi connectivity index (χ2n) is 13.0. The second kappa shape index (κ2) is 8.79. The number of hydrogen-bond donors (Lipinski definition) is 2. The fourth-order valence-corrected chi connectivity index (χ4v) is 9.39. The normalized spacial score (nSPS) is 49.5. The first-order valence-electron chi connectivity index (χ1n) is 13.7. The molecule has 0 aromatic rings. The fraction of sp³-hybridized carbons (Fsp3) is 0.931. The molecule has 4 saturated carbocycles. The van der Waals surface area contributed by atoms with Crippen LogP contribution in [0.1, 0.15) is 99.3 Å². The van der Waals surface area contributed by atoms with Crippen molar-refractivity contribution in [3.8, 4) is 0 Å². The average molecular weight is 431 g/mol. The largest absolute Gasteiger partial charge is 0.393 e.